The van der Waals surface area contributed by atoms with Crippen LogP contribution in [0.15, 0.2) is 36.4 Å². The smallest absolute Gasteiger partial charge is 0.228 e. The number of amides is 1. The Morgan fingerprint density at radius 1 is 1.19 bits per heavy atom. The van der Waals surface area contributed by atoms with Gasteiger partial charge in [0.15, 0.2) is 0 Å². The Labute approximate surface area is 157 Å². The highest BCUT2D eigenvalue weighted by atomic mass is 16.3. The summed E-state index contributed by atoms with van der Waals surface area (Å²) in [6.07, 6.45) is 10.9. The number of nitrogens with zero attached hydrogens (tertiary/aromatic N) is 1. The molecule has 4 aliphatic carbocycles. The Balaban J connectivity index is 1.49. The normalized spacial score (nSPS) is 38.0. The minimum absolute atomic E-state index is 0.185. The molecular formula is C23H31NO2. The SMILES string of the molecule is CC[C@@]12C[C@@H]3C[C@@](O)(C1)C[C@@](C(=O)N(C)C/C=C/c1ccccc1)(C3)C2. The molecule has 4 saturated carbocycles. The van der Waals surface area contributed by atoms with Gasteiger partial charge in [-0.15, -0.1) is 0 Å². The molecule has 5 rings (SSSR count). The lowest BCUT2D eigenvalue weighted by atomic mass is 9.42. The van der Waals surface area contributed by atoms with Crippen molar-refractivity contribution in [3.63, 3.8) is 0 Å². The van der Waals surface area contributed by atoms with Gasteiger partial charge in [0.1, 0.15) is 0 Å². The molecule has 4 aliphatic rings. The Hall–Kier alpha value is -1.61. The average Bonchev–Trinajstić information content (AvgIpc) is 2.60. The second-order valence-corrected chi connectivity index (χ2v) is 9.37. The summed E-state index contributed by atoms with van der Waals surface area (Å²) in [4.78, 5) is 15.3. The van der Waals surface area contributed by atoms with E-state index in [4.69, 9.17) is 0 Å². The summed E-state index contributed by atoms with van der Waals surface area (Å²) in [7, 11) is 1.92. The second-order valence-electron chi connectivity index (χ2n) is 9.37. The van der Waals surface area contributed by atoms with E-state index in [1.807, 2.05) is 30.1 Å². The second kappa shape index (κ2) is 6.23. The zero-order valence-electron chi connectivity index (χ0n) is 16.1. The lowest BCUT2D eigenvalue weighted by Gasteiger charge is -2.64. The van der Waals surface area contributed by atoms with E-state index in [1.165, 1.54) is 6.42 Å². The van der Waals surface area contributed by atoms with E-state index in [9.17, 15) is 9.90 Å². The number of hydrogen-bond acceptors (Lipinski definition) is 2. The van der Waals surface area contributed by atoms with Gasteiger partial charge in [-0.05, 0) is 55.4 Å². The quantitative estimate of drug-likeness (QED) is 0.859. The number of benzene rings is 1. The Morgan fingerprint density at radius 3 is 2.65 bits per heavy atom. The van der Waals surface area contributed by atoms with Crippen LogP contribution in [0.3, 0.4) is 0 Å². The van der Waals surface area contributed by atoms with Crippen LogP contribution >= 0.6 is 0 Å². The van der Waals surface area contributed by atoms with Gasteiger partial charge in [-0.2, -0.15) is 0 Å². The van der Waals surface area contributed by atoms with Crippen LogP contribution in [-0.2, 0) is 4.79 Å². The van der Waals surface area contributed by atoms with Crippen LogP contribution in [0.4, 0.5) is 0 Å². The highest BCUT2D eigenvalue weighted by Crippen LogP contribution is 2.67. The molecule has 0 aromatic heterocycles. The fraction of sp³-hybridized carbons (Fsp3) is 0.609. The maximum Gasteiger partial charge on any atom is 0.228 e. The van der Waals surface area contributed by atoms with Gasteiger partial charge in [0.05, 0.1) is 11.0 Å². The summed E-state index contributed by atoms with van der Waals surface area (Å²) in [5.74, 6) is 0.768. The van der Waals surface area contributed by atoms with Gasteiger partial charge >= 0.3 is 0 Å². The maximum atomic E-state index is 13.4. The van der Waals surface area contributed by atoms with E-state index < -0.39 is 5.60 Å². The van der Waals surface area contributed by atoms with Crippen molar-refractivity contribution in [3.8, 4) is 0 Å². The van der Waals surface area contributed by atoms with Crippen LogP contribution in [0.5, 0.6) is 0 Å². The maximum absolute atomic E-state index is 13.4. The largest absolute Gasteiger partial charge is 0.390 e. The minimum atomic E-state index is -0.605. The number of hydrogen-bond donors (Lipinski definition) is 1. The van der Waals surface area contributed by atoms with E-state index in [0.717, 1.165) is 37.7 Å². The Kier molecular flexibility index (Phi) is 4.26. The van der Waals surface area contributed by atoms with Crippen LogP contribution in [0.2, 0.25) is 0 Å². The van der Waals surface area contributed by atoms with E-state index in [1.54, 1.807) is 0 Å². The molecule has 140 valence electrons. The van der Waals surface area contributed by atoms with E-state index in [-0.39, 0.29) is 16.7 Å². The van der Waals surface area contributed by atoms with Crippen molar-refractivity contribution in [1.29, 1.82) is 0 Å². The molecule has 1 aromatic rings. The zero-order valence-corrected chi connectivity index (χ0v) is 16.1. The molecule has 1 aromatic carbocycles. The Bertz CT molecular complexity index is 714. The monoisotopic (exact) mass is 353 g/mol. The summed E-state index contributed by atoms with van der Waals surface area (Å²) in [6, 6.07) is 10.2. The molecular weight excluding hydrogens is 322 g/mol. The molecule has 3 nitrogen and oxygen atoms in total. The van der Waals surface area contributed by atoms with Gasteiger partial charge in [0.2, 0.25) is 5.91 Å². The van der Waals surface area contributed by atoms with Crippen molar-refractivity contribution in [3.05, 3.63) is 42.0 Å². The minimum Gasteiger partial charge on any atom is -0.390 e. The fourth-order valence-corrected chi connectivity index (χ4v) is 6.62. The first-order chi connectivity index (χ1) is 12.4. The van der Waals surface area contributed by atoms with Gasteiger partial charge in [-0.25, -0.2) is 0 Å². The molecule has 0 radical (unpaired) electrons. The summed E-state index contributed by atoms with van der Waals surface area (Å²) < 4.78 is 0. The molecule has 4 bridgehead atoms. The third-order valence-corrected chi connectivity index (χ3v) is 7.19. The van der Waals surface area contributed by atoms with Gasteiger partial charge in [-0.3, -0.25) is 4.79 Å². The summed E-state index contributed by atoms with van der Waals surface area (Å²) in [5.41, 5.74) is 0.401. The lowest BCUT2D eigenvalue weighted by Crippen LogP contribution is -2.63. The summed E-state index contributed by atoms with van der Waals surface area (Å²) in [6.45, 7) is 2.86. The molecule has 4 fully saturated rings. The molecule has 4 atom stereocenters. The molecule has 0 saturated heterocycles. The molecule has 0 aliphatic heterocycles. The molecule has 26 heavy (non-hydrogen) atoms. The van der Waals surface area contributed by atoms with Gasteiger partial charge in [0, 0.05) is 13.6 Å². The number of carbonyl (C=O) groups is 1. The standard InChI is InChI=1S/C23H31NO2/c1-3-21-12-19-13-22(15-21,17-23(26,14-19)16-21)20(25)24(2)11-7-10-18-8-5-4-6-9-18/h4-10,19,26H,3,11-17H2,1-2H3/b10-7+/t19-,21-,22+,23+/m0/s1. The van der Waals surface area contributed by atoms with Crippen LogP contribution in [0.25, 0.3) is 6.08 Å². The van der Waals surface area contributed by atoms with Crippen LogP contribution < -0.4 is 0 Å². The van der Waals surface area contributed by atoms with Crippen LogP contribution in [0.1, 0.15) is 57.4 Å². The average molecular weight is 354 g/mol. The first kappa shape index (κ1) is 17.8. The highest BCUT2D eigenvalue weighted by Gasteiger charge is 2.65. The molecule has 0 spiro atoms. The van der Waals surface area contributed by atoms with Crippen molar-refractivity contribution < 1.29 is 9.90 Å². The number of likely N-dealkylation sites (N-methyl/N-ethyl adjacent to an activating group) is 1. The van der Waals surface area contributed by atoms with Crippen molar-refractivity contribution in [2.75, 3.05) is 13.6 Å². The third kappa shape index (κ3) is 3.00. The zero-order chi connectivity index (χ0) is 18.4. The summed E-state index contributed by atoms with van der Waals surface area (Å²) in [5, 5.41) is 11.1. The van der Waals surface area contributed by atoms with Crippen molar-refractivity contribution in [1.82, 2.24) is 4.90 Å². The first-order valence-corrected chi connectivity index (χ1v) is 10.1. The highest BCUT2D eigenvalue weighted by molar-refractivity contribution is 5.83. The van der Waals surface area contributed by atoms with E-state index in [0.29, 0.717) is 18.9 Å². The molecule has 0 heterocycles. The molecule has 1 amide bonds. The Morgan fingerprint density at radius 2 is 1.96 bits per heavy atom. The summed E-state index contributed by atoms with van der Waals surface area (Å²) >= 11 is 0. The first-order valence-electron chi connectivity index (χ1n) is 10.1. The van der Waals surface area contributed by atoms with Crippen LogP contribution in [-0.4, -0.2) is 35.1 Å². The predicted molar refractivity (Wildman–Crippen MR) is 104 cm³/mol. The predicted octanol–water partition coefficient (Wildman–Crippen LogP) is 4.27. The number of aliphatic hydroxyl groups is 1. The lowest BCUT2D eigenvalue weighted by molar-refractivity contribution is -0.208. The van der Waals surface area contributed by atoms with E-state index in [2.05, 4.69) is 31.2 Å². The molecule has 0 unspecified atom stereocenters. The number of carbonyl (C=O) groups excluding carboxylic acids is 1. The molecule has 1 N–H and O–H groups in total. The van der Waals surface area contributed by atoms with Crippen LogP contribution in [0, 0.1) is 16.7 Å². The van der Waals surface area contributed by atoms with Crippen molar-refractivity contribution in [2.45, 2.75) is 57.5 Å². The van der Waals surface area contributed by atoms with Crippen molar-refractivity contribution >= 4 is 12.0 Å². The van der Waals surface area contributed by atoms with Gasteiger partial charge in [-0.1, -0.05) is 55.8 Å². The molecule has 3 heteroatoms. The fourth-order valence-electron chi connectivity index (χ4n) is 6.62. The van der Waals surface area contributed by atoms with Crippen molar-refractivity contribution in [2.24, 2.45) is 16.7 Å². The van der Waals surface area contributed by atoms with Gasteiger partial charge in [0.25, 0.3) is 0 Å². The number of rotatable bonds is 5. The van der Waals surface area contributed by atoms with Gasteiger partial charge < -0.3 is 10.0 Å². The third-order valence-electron chi connectivity index (χ3n) is 7.19. The topological polar surface area (TPSA) is 40.5 Å². The van der Waals surface area contributed by atoms with E-state index >= 15 is 0 Å².